The van der Waals surface area contributed by atoms with E-state index in [1.54, 1.807) is 25.3 Å². The summed E-state index contributed by atoms with van der Waals surface area (Å²) in [7, 11) is 1.55. The van der Waals surface area contributed by atoms with Gasteiger partial charge in [0.1, 0.15) is 11.6 Å². The SMILES string of the molecule is CCOc1ccc(/C=C(\C#N)C(=O)NCC2CCCO2)cc1OC. The Morgan fingerprint density at radius 1 is 1.50 bits per heavy atom. The Balaban J connectivity index is 2.08. The Morgan fingerprint density at radius 2 is 2.33 bits per heavy atom. The smallest absolute Gasteiger partial charge is 0.262 e. The molecule has 1 fully saturated rings. The van der Waals surface area contributed by atoms with Gasteiger partial charge >= 0.3 is 0 Å². The molecule has 1 unspecified atom stereocenters. The van der Waals surface area contributed by atoms with Gasteiger partial charge in [0.05, 0.1) is 19.8 Å². The Kier molecular flexibility index (Phi) is 6.64. The first kappa shape index (κ1) is 17.8. The summed E-state index contributed by atoms with van der Waals surface area (Å²) in [6, 6.07) is 7.20. The van der Waals surface area contributed by atoms with Crippen molar-refractivity contribution in [2.45, 2.75) is 25.9 Å². The van der Waals surface area contributed by atoms with Crippen LogP contribution in [0.1, 0.15) is 25.3 Å². The van der Waals surface area contributed by atoms with Crippen LogP contribution in [0.2, 0.25) is 0 Å². The molecule has 0 aromatic heterocycles. The zero-order chi connectivity index (χ0) is 17.4. The monoisotopic (exact) mass is 330 g/mol. The standard InChI is InChI=1S/C18H22N2O4/c1-3-23-16-7-6-13(10-17(16)22-2)9-14(11-19)18(21)20-12-15-5-4-8-24-15/h6-7,9-10,15H,3-5,8,12H2,1-2H3,(H,20,21)/b14-9+. The molecule has 1 saturated heterocycles. The summed E-state index contributed by atoms with van der Waals surface area (Å²) in [4.78, 5) is 12.1. The van der Waals surface area contributed by atoms with Crippen LogP contribution in [-0.4, -0.2) is 38.9 Å². The van der Waals surface area contributed by atoms with Gasteiger partial charge in [-0.3, -0.25) is 4.79 Å². The summed E-state index contributed by atoms with van der Waals surface area (Å²) in [6.07, 6.45) is 3.51. The van der Waals surface area contributed by atoms with Gasteiger partial charge in [-0.2, -0.15) is 5.26 Å². The molecule has 1 aliphatic rings. The van der Waals surface area contributed by atoms with E-state index in [2.05, 4.69) is 5.32 Å². The Bertz CT molecular complexity index is 643. The van der Waals surface area contributed by atoms with Gasteiger partial charge in [0.15, 0.2) is 11.5 Å². The molecule has 24 heavy (non-hydrogen) atoms. The fourth-order valence-corrected chi connectivity index (χ4v) is 2.47. The van der Waals surface area contributed by atoms with E-state index in [-0.39, 0.29) is 11.7 Å². The summed E-state index contributed by atoms with van der Waals surface area (Å²) in [6.45, 7) is 3.57. The molecule has 0 saturated carbocycles. The van der Waals surface area contributed by atoms with E-state index in [1.165, 1.54) is 6.08 Å². The van der Waals surface area contributed by atoms with E-state index in [4.69, 9.17) is 14.2 Å². The van der Waals surface area contributed by atoms with Crippen LogP contribution in [-0.2, 0) is 9.53 Å². The average Bonchev–Trinajstić information content (AvgIpc) is 3.12. The first-order valence-electron chi connectivity index (χ1n) is 8.00. The molecule has 1 heterocycles. The van der Waals surface area contributed by atoms with Gasteiger partial charge in [-0.05, 0) is 43.5 Å². The second kappa shape index (κ2) is 8.94. The normalized spacial score (nSPS) is 17.2. The molecule has 6 nitrogen and oxygen atoms in total. The lowest BCUT2D eigenvalue weighted by molar-refractivity contribution is -0.117. The maximum Gasteiger partial charge on any atom is 0.262 e. The molecule has 2 rings (SSSR count). The second-order valence-electron chi connectivity index (χ2n) is 5.36. The third-order valence-corrected chi connectivity index (χ3v) is 3.68. The lowest BCUT2D eigenvalue weighted by atomic mass is 10.1. The van der Waals surface area contributed by atoms with E-state index in [0.717, 1.165) is 19.4 Å². The van der Waals surface area contributed by atoms with Crippen LogP contribution >= 0.6 is 0 Å². The molecular formula is C18H22N2O4. The van der Waals surface area contributed by atoms with Crippen molar-refractivity contribution in [2.75, 3.05) is 26.9 Å². The maximum absolute atomic E-state index is 12.1. The van der Waals surface area contributed by atoms with Gasteiger partial charge in [-0.25, -0.2) is 0 Å². The van der Waals surface area contributed by atoms with E-state index < -0.39 is 5.91 Å². The minimum Gasteiger partial charge on any atom is -0.493 e. The highest BCUT2D eigenvalue weighted by molar-refractivity contribution is 6.01. The first-order valence-corrected chi connectivity index (χ1v) is 8.00. The molecule has 0 bridgehead atoms. The molecule has 1 N–H and O–H groups in total. The Hall–Kier alpha value is -2.52. The lowest BCUT2D eigenvalue weighted by Crippen LogP contribution is -2.32. The van der Waals surface area contributed by atoms with E-state index in [9.17, 15) is 10.1 Å². The number of amides is 1. The van der Waals surface area contributed by atoms with Crippen LogP contribution in [0.4, 0.5) is 0 Å². The fourth-order valence-electron chi connectivity index (χ4n) is 2.47. The number of nitrogens with one attached hydrogen (secondary N) is 1. The van der Waals surface area contributed by atoms with Gasteiger partial charge in [-0.1, -0.05) is 6.07 Å². The quantitative estimate of drug-likeness (QED) is 0.613. The van der Waals surface area contributed by atoms with Crippen molar-refractivity contribution in [3.8, 4) is 17.6 Å². The van der Waals surface area contributed by atoms with Gasteiger partial charge in [-0.15, -0.1) is 0 Å². The third kappa shape index (κ3) is 4.74. The summed E-state index contributed by atoms with van der Waals surface area (Å²) in [5, 5.41) is 12.0. The van der Waals surface area contributed by atoms with Crippen molar-refractivity contribution in [3.05, 3.63) is 29.3 Å². The summed E-state index contributed by atoms with van der Waals surface area (Å²) < 4.78 is 16.2. The molecule has 1 aromatic carbocycles. The van der Waals surface area contributed by atoms with Crippen LogP contribution in [0.3, 0.4) is 0 Å². The molecular weight excluding hydrogens is 308 g/mol. The van der Waals surface area contributed by atoms with Gasteiger partial charge in [0, 0.05) is 13.2 Å². The van der Waals surface area contributed by atoms with Gasteiger partial charge < -0.3 is 19.5 Å². The third-order valence-electron chi connectivity index (χ3n) is 3.68. The van der Waals surface area contributed by atoms with Crippen molar-refractivity contribution >= 4 is 12.0 Å². The van der Waals surface area contributed by atoms with Crippen molar-refractivity contribution in [1.82, 2.24) is 5.32 Å². The number of methoxy groups -OCH3 is 1. The topological polar surface area (TPSA) is 80.6 Å². The number of carbonyl (C=O) groups excluding carboxylic acids is 1. The van der Waals surface area contributed by atoms with Crippen LogP contribution in [0, 0.1) is 11.3 Å². The number of hydrogen-bond donors (Lipinski definition) is 1. The number of carbonyl (C=O) groups is 1. The molecule has 1 aliphatic heterocycles. The Labute approximate surface area is 142 Å². The van der Waals surface area contributed by atoms with Gasteiger partial charge in [0.2, 0.25) is 0 Å². The van der Waals surface area contributed by atoms with Crippen molar-refractivity contribution in [1.29, 1.82) is 5.26 Å². The van der Waals surface area contributed by atoms with Crippen molar-refractivity contribution in [3.63, 3.8) is 0 Å². The number of benzene rings is 1. The highest BCUT2D eigenvalue weighted by Gasteiger charge is 2.17. The molecule has 1 amide bonds. The van der Waals surface area contributed by atoms with Gasteiger partial charge in [0.25, 0.3) is 5.91 Å². The number of nitrogens with zero attached hydrogens (tertiary/aromatic N) is 1. The zero-order valence-electron chi connectivity index (χ0n) is 14.0. The second-order valence-corrected chi connectivity index (χ2v) is 5.36. The average molecular weight is 330 g/mol. The predicted molar refractivity (Wildman–Crippen MR) is 89.7 cm³/mol. The number of nitriles is 1. The summed E-state index contributed by atoms with van der Waals surface area (Å²) >= 11 is 0. The first-order chi connectivity index (χ1) is 11.7. The molecule has 6 heteroatoms. The lowest BCUT2D eigenvalue weighted by Gasteiger charge is -2.11. The molecule has 128 valence electrons. The number of hydrogen-bond acceptors (Lipinski definition) is 5. The van der Waals surface area contributed by atoms with E-state index >= 15 is 0 Å². The minimum absolute atomic E-state index is 0.0409. The van der Waals surface area contributed by atoms with Crippen LogP contribution in [0.15, 0.2) is 23.8 Å². The minimum atomic E-state index is -0.402. The molecule has 1 atom stereocenters. The molecule has 0 spiro atoms. The molecule has 1 aromatic rings. The van der Waals surface area contributed by atoms with Crippen LogP contribution < -0.4 is 14.8 Å². The van der Waals surface area contributed by atoms with Crippen molar-refractivity contribution in [2.24, 2.45) is 0 Å². The predicted octanol–water partition coefficient (Wildman–Crippen LogP) is 2.30. The number of rotatable bonds is 7. The zero-order valence-corrected chi connectivity index (χ0v) is 14.0. The summed E-state index contributed by atoms with van der Waals surface area (Å²) in [5.41, 5.74) is 0.735. The summed E-state index contributed by atoms with van der Waals surface area (Å²) in [5.74, 6) is 0.780. The highest BCUT2D eigenvalue weighted by atomic mass is 16.5. The van der Waals surface area contributed by atoms with Crippen LogP contribution in [0.25, 0.3) is 6.08 Å². The number of ether oxygens (including phenoxy) is 3. The maximum atomic E-state index is 12.1. The molecule has 0 radical (unpaired) electrons. The molecule has 0 aliphatic carbocycles. The fraction of sp³-hybridized carbons (Fsp3) is 0.444. The van der Waals surface area contributed by atoms with Crippen LogP contribution in [0.5, 0.6) is 11.5 Å². The largest absolute Gasteiger partial charge is 0.493 e. The highest BCUT2D eigenvalue weighted by Crippen LogP contribution is 2.28. The van der Waals surface area contributed by atoms with E-state index in [1.807, 2.05) is 13.0 Å². The Morgan fingerprint density at radius 3 is 2.96 bits per heavy atom. The van der Waals surface area contributed by atoms with E-state index in [0.29, 0.717) is 30.2 Å². The van der Waals surface area contributed by atoms with Crippen molar-refractivity contribution < 1.29 is 19.0 Å².